The van der Waals surface area contributed by atoms with E-state index in [2.05, 4.69) is 10.6 Å². The molecule has 3 rings (SSSR count). The highest BCUT2D eigenvalue weighted by Crippen LogP contribution is 2.15. The fraction of sp³-hybridized carbons (Fsp3) is 0.381. The predicted octanol–water partition coefficient (Wildman–Crippen LogP) is 3.68. The summed E-state index contributed by atoms with van der Waals surface area (Å²) in [7, 11) is 0. The van der Waals surface area contributed by atoms with E-state index in [0.29, 0.717) is 61.8 Å². The molecule has 30 heavy (non-hydrogen) atoms. The number of carbonyl (C=O) groups excluding carboxylic acids is 3. The molecule has 4 amide bonds. The SMILES string of the molecule is O=C(NCCCC(=O)N1CCCN(C(=O)Nc2ccc(Cl)cc2)CC1)c1ccsc1. The maximum atomic E-state index is 12.5. The molecule has 0 bridgehead atoms. The molecular formula is C21H25ClN4O3S. The average Bonchev–Trinajstić information content (AvgIpc) is 3.17. The standard InChI is InChI=1S/C21H25ClN4O3S/c22-17-4-6-18(7-5-17)24-21(29)26-11-2-10-25(12-13-26)19(27)3-1-9-23-20(28)16-8-14-30-15-16/h4-8,14-15H,1-3,9-13H2,(H,23,28)(H,24,29). The molecule has 1 aliphatic rings. The van der Waals surface area contributed by atoms with Crippen LogP contribution in [0.3, 0.4) is 0 Å². The summed E-state index contributed by atoms with van der Waals surface area (Å²) < 4.78 is 0. The number of hydrogen-bond donors (Lipinski definition) is 2. The van der Waals surface area contributed by atoms with Gasteiger partial charge in [0.15, 0.2) is 0 Å². The third kappa shape index (κ3) is 6.47. The second-order valence-corrected chi connectivity index (χ2v) is 8.25. The van der Waals surface area contributed by atoms with Gasteiger partial charge in [-0.3, -0.25) is 9.59 Å². The van der Waals surface area contributed by atoms with Crippen LogP contribution in [0.1, 0.15) is 29.6 Å². The molecule has 1 aromatic heterocycles. The number of halogens is 1. The number of hydrogen-bond acceptors (Lipinski definition) is 4. The second-order valence-electron chi connectivity index (χ2n) is 7.03. The minimum atomic E-state index is -0.178. The van der Waals surface area contributed by atoms with Gasteiger partial charge in [-0.15, -0.1) is 0 Å². The first-order valence-electron chi connectivity index (χ1n) is 9.92. The van der Waals surface area contributed by atoms with Crippen LogP contribution in [0.25, 0.3) is 0 Å². The first-order chi connectivity index (χ1) is 14.5. The Morgan fingerprint density at radius 2 is 1.73 bits per heavy atom. The molecule has 160 valence electrons. The van der Waals surface area contributed by atoms with Gasteiger partial charge in [-0.05, 0) is 48.6 Å². The Balaban J connectivity index is 1.38. The minimum absolute atomic E-state index is 0.0553. The number of nitrogens with zero attached hydrogens (tertiary/aromatic N) is 2. The number of nitrogens with one attached hydrogen (secondary N) is 2. The van der Waals surface area contributed by atoms with E-state index in [1.165, 1.54) is 11.3 Å². The van der Waals surface area contributed by atoms with Gasteiger partial charge in [-0.2, -0.15) is 11.3 Å². The Morgan fingerprint density at radius 1 is 1.00 bits per heavy atom. The van der Waals surface area contributed by atoms with Crippen LogP contribution >= 0.6 is 22.9 Å². The maximum absolute atomic E-state index is 12.5. The molecular weight excluding hydrogens is 424 g/mol. The summed E-state index contributed by atoms with van der Waals surface area (Å²) in [6.45, 7) is 2.68. The van der Waals surface area contributed by atoms with Gasteiger partial charge in [0.05, 0.1) is 0 Å². The van der Waals surface area contributed by atoms with Crippen LogP contribution in [-0.2, 0) is 4.79 Å². The lowest BCUT2D eigenvalue weighted by molar-refractivity contribution is -0.131. The third-order valence-electron chi connectivity index (χ3n) is 4.87. The molecule has 1 aromatic carbocycles. The monoisotopic (exact) mass is 448 g/mol. The van der Waals surface area contributed by atoms with Crippen LogP contribution in [0.2, 0.25) is 5.02 Å². The molecule has 0 saturated carbocycles. The van der Waals surface area contributed by atoms with Crippen molar-refractivity contribution in [1.82, 2.24) is 15.1 Å². The molecule has 0 spiro atoms. The average molecular weight is 449 g/mol. The molecule has 1 aliphatic heterocycles. The lowest BCUT2D eigenvalue weighted by atomic mass is 10.2. The van der Waals surface area contributed by atoms with E-state index < -0.39 is 0 Å². The summed E-state index contributed by atoms with van der Waals surface area (Å²) in [5.41, 5.74) is 1.34. The van der Waals surface area contributed by atoms with Crippen LogP contribution in [0, 0.1) is 0 Å². The minimum Gasteiger partial charge on any atom is -0.352 e. The number of carbonyl (C=O) groups is 3. The summed E-state index contributed by atoms with van der Waals surface area (Å²) in [6, 6.07) is 8.56. The molecule has 0 atom stereocenters. The molecule has 1 fully saturated rings. The number of anilines is 1. The second kappa shape index (κ2) is 11.0. The van der Waals surface area contributed by atoms with Gasteiger partial charge >= 0.3 is 6.03 Å². The van der Waals surface area contributed by atoms with Crippen molar-refractivity contribution < 1.29 is 14.4 Å². The highest BCUT2D eigenvalue weighted by Gasteiger charge is 2.22. The summed E-state index contributed by atoms with van der Waals surface area (Å²) in [5, 5.41) is 9.96. The molecule has 0 radical (unpaired) electrons. The predicted molar refractivity (Wildman–Crippen MR) is 119 cm³/mol. The number of urea groups is 1. The smallest absolute Gasteiger partial charge is 0.321 e. The Labute approximate surface area is 185 Å². The van der Waals surface area contributed by atoms with Crippen molar-refractivity contribution >= 4 is 46.5 Å². The van der Waals surface area contributed by atoms with E-state index in [9.17, 15) is 14.4 Å². The molecule has 7 nitrogen and oxygen atoms in total. The molecule has 2 aromatic rings. The van der Waals surface area contributed by atoms with E-state index in [4.69, 9.17) is 11.6 Å². The van der Waals surface area contributed by atoms with Crippen molar-refractivity contribution in [3.05, 3.63) is 51.7 Å². The van der Waals surface area contributed by atoms with Crippen molar-refractivity contribution in [3.63, 3.8) is 0 Å². The number of amides is 4. The zero-order chi connectivity index (χ0) is 21.3. The molecule has 9 heteroatoms. The van der Waals surface area contributed by atoms with E-state index in [-0.39, 0.29) is 17.8 Å². The normalized spacial score (nSPS) is 14.2. The molecule has 2 N–H and O–H groups in total. The van der Waals surface area contributed by atoms with Crippen molar-refractivity contribution in [3.8, 4) is 0 Å². The number of benzene rings is 1. The Hall–Kier alpha value is -2.58. The highest BCUT2D eigenvalue weighted by atomic mass is 35.5. The van der Waals surface area contributed by atoms with Crippen LogP contribution in [0.15, 0.2) is 41.1 Å². The van der Waals surface area contributed by atoms with E-state index >= 15 is 0 Å². The Kier molecular flexibility index (Phi) is 8.10. The van der Waals surface area contributed by atoms with Gasteiger partial charge in [-0.25, -0.2) is 4.79 Å². The van der Waals surface area contributed by atoms with Gasteiger partial charge in [0, 0.05) is 60.8 Å². The lowest BCUT2D eigenvalue weighted by Gasteiger charge is -2.22. The maximum Gasteiger partial charge on any atom is 0.321 e. The van der Waals surface area contributed by atoms with Crippen LogP contribution in [-0.4, -0.2) is 60.4 Å². The van der Waals surface area contributed by atoms with Crippen molar-refractivity contribution in [1.29, 1.82) is 0 Å². The summed E-state index contributed by atoms with van der Waals surface area (Å²) in [4.78, 5) is 40.4. The fourth-order valence-corrected chi connectivity index (χ4v) is 3.96. The van der Waals surface area contributed by atoms with Crippen molar-refractivity contribution in [2.24, 2.45) is 0 Å². The number of rotatable bonds is 6. The Morgan fingerprint density at radius 3 is 2.47 bits per heavy atom. The summed E-state index contributed by atoms with van der Waals surface area (Å²) in [6.07, 6.45) is 1.70. The van der Waals surface area contributed by atoms with Gasteiger partial charge in [0.2, 0.25) is 5.91 Å². The van der Waals surface area contributed by atoms with Crippen molar-refractivity contribution in [2.75, 3.05) is 38.0 Å². The zero-order valence-corrected chi connectivity index (χ0v) is 18.2. The van der Waals surface area contributed by atoms with Crippen LogP contribution in [0.5, 0.6) is 0 Å². The lowest BCUT2D eigenvalue weighted by Crippen LogP contribution is -2.39. The fourth-order valence-electron chi connectivity index (χ4n) is 3.20. The topological polar surface area (TPSA) is 81.8 Å². The van der Waals surface area contributed by atoms with E-state index in [1.807, 2.05) is 5.38 Å². The van der Waals surface area contributed by atoms with Gasteiger partial charge in [-0.1, -0.05) is 11.6 Å². The zero-order valence-electron chi connectivity index (χ0n) is 16.6. The van der Waals surface area contributed by atoms with Gasteiger partial charge < -0.3 is 20.4 Å². The quantitative estimate of drug-likeness (QED) is 0.661. The first kappa shape index (κ1) is 22.1. The molecule has 0 unspecified atom stereocenters. The summed E-state index contributed by atoms with van der Waals surface area (Å²) in [5.74, 6) is -0.0550. The van der Waals surface area contributed by atoms with E-state index in [1.54, 1.807) is 45.5 Å². The highest BCUT2D eigenvalue weighted by molar-refractivity contribution is 7.08. The van der Waals surface area contributed by atoms with Crippen molar-refractivity contribution in [2.45, 2.75) is 19.3 Å². The molecule has 2 heterocycles. The van der Waals surface area contributed by atoms with Crippen LogP contribution in [0.4, 0.5) is 10.5 Å². The van der Waals surface area contributed by atoms with Gasteiger partial charge in [0.25, 0.3) is 5.91 Å². The van der Waals surface area contributed by atoms with Gasteiger partial charge in [0.1, 0.15) is 0 Å². The molecule has 0 aliphatic carbocycles. The summed E-state index contributed by atoms with van der Waals surface area (Å²) >= 11 is 7.34. The van der Waals surface area contributed by atoms with Crippen LogP contribution < -0.4 is 10.6 Å². The molecule has 1 saturated heterocycles. The first-order valence-corrected chi connectivity index (χ1v) is 11.2. The Bertz CT molecular complexity index is 858. The largest absolute Gasteiger partial charge is 0.352 e. The number of thiophene rings is 1. The van der Waals surface area contributed by atoms with E-state index in [0.717, 1.165) is 6.42 Å². The third-order valence-corrected chi connectivity index (χ3v) is 5.80.